The first-order valence-corrected chi connectivity index (χ1v) is 11.9. The van der Waals surface area contributed by atoms with Crippen LogP contribution >= 0.6 is 0 Å². The molecule has 2 aliphatic rings. The van der Waals surface area contributed by atoms with Crippen LogP contribution in [0, 0.1) is 0 Å². The van der Waals surface area contributed by atoms with Gasteiger partial charge in [-0.1, -0.05) is 24.3 Å². The lowest BCUT2D eigenvalue weighted by atomic mass is 9.87. The number of benzene rings is 4. The third kappa shape index (κ3) is 4.27. The van der Waals surface area contributed by atoms with Gasteiger partial charge in [-0.15, -0.1) is 0 Å². The van der Waals surface area contributed by atoms with Crippen LogP contribution in [0.4, 0.5) is 0 Å². The Bertz CT molecular complexity index is 1620. The number of ketones is 4. The van der Waals surface area contributed by atoms with Crippen molar-refractivity contribution < 1.29 is 48.3 Å². The summed E-state index contributed by atoms with van der Waals surface area (Å²) in [6.07, 6.45) is 0. The van der Waals surface area contributed by atoms with Crippen LogP contribution in [0.15, 0.2) is 72.8 Å². The Labute approximate surface area is 225 Å². The summed E-state index contributed by atoms with van der Waals surface area (Å²) in [5.74, 6) is -3.19. The number of carbonyl (C=O) groups is 4. The summed E-state index contributed by atoms with van der Waals surface area (Å²) in [5.41, 5.74) is -0.142. The minimum atomic E-state index is -0.950. The average molecular weight is 538 g/mol. The fraction of sp³-hybridized carbons (Fsp3) is 0.0667. The van der Waals surface area contributed by atoms with E-state index in [1.807, 2.05) is 0 Å². The van der Waals surface area contributed by atoms with Crippen molar-refractivity contribution >= 4 is 23.1 Å². The molecule has 0 atom stereocenters. The zero-order valence-corrected chi connectivity index (χ0v) is 20.5. The van der Waals surface area contributed by atoms with Crippen molar-refractivity contribution in [1.29, 1.82) is 0 Å². The summed E-state index contributed by atoms with van der Waals surface area (Å²) in [7, 11) is 0. The van der Waals surface area contributed by atoms with Crippen LogP contribution in [-0.2, 0) is 0 Å². The number of fused-ring (bicyclic) bond motifs is 2. The van der Waals surface area contributed by atoms with E-state index in [1.165, 1.54) is 60.7 Å². The van der Waals surface area contributed by atoms with Gasteiger partial charge in [0.1, 0.15) is 11.5 Å². The molecule has 0 spiro atoms. The van der Waals surface area contributed by atoms with Gasteiger partial charge < -0.3 is 29.2 Å². The first kappa shape index (κ1) is 24.7. The molecule has 2 aliphatic heterocycles. The van der Waals surface area contributed by atoms with E-state index in [4.69, 9.17) is 18.9 Å². The van der Waals surface area contributed by atoms with Crippen LogP contribution in [0.25, 0.3) is 11.1 Å². The predicted molar refractivity (Wildman–Crippen MR) is 138 cm³/mol. The van der Waals surface area contributed by atoms with Gasteiger partial charge in [0, 0.05) is 22.3 Å². The summed E-state index contributed by atoms with van der Waals surface area (Å²) >= 11 is 0. The molecule has 0 saturated heterocycles. The normalized spacial score (nSPS) is 12.7. The average Bonchev–Trinajstić information content (AvgIpc) is 3.63. The van der Waals surface area contributed by atoms with E-state index < -0.39 is 23.1 Å². The lowest BCUT2D eigenvalue weighted by molar-refractivity contribution is 0.0816. The Morgan fingerprint density at radius 2 is 0.875 bits per heavy atom. The zero-order chi connectivity index (χ0) is 28.0. The van der Waals surface area contributed by atoms with Crippen molar-refractivity contribution in [2.45, 2.75) is 0 Å². The molecule has 0 bridgehead atoms. The molecule has 0 unspecified atom stereocenters. The molecule has 0 saturated carbocycles. The van der Waals surface area contributed by atoms with E-state index in [9.17, 15) is 29.4 Å². The van der Waals surface area contributed by atoms with Crippen LogP contribution in [-0.4, -0.2) is 46.9 Å². The van der Waals surface area contributed by atoms with E-state index >= 15 is 0 Å². The van der Waals surface area contributed by atoms with Gasteiger partial charge in [-0.3, -0.25) is 19.2 Å². The molecule has 0 amide bonds. The van der Waals surface area contributed by atoms with Gasteiger partial charge in [-0.2, -0.15) is 0 Å². The molecule has 10 heteroatoms. The summed E-state index contributed by atoms with van der Waals surface area (Å²) < 4.78 is 21.8. The maximum Gasteiger partial charge on any atom is 0.234 e. The van der Waals surface area contributed by atoms with Crippen LogP contribution < -0.4 is 18.9 Å². The number of carbonyl (C=O) groups excluding carboxylic acids is 4. The van der Waals surface area contributed by atoms with Gasteiger partial charge in [0.05, 0.1) is 0 Å². The minimum Gasteiger partial charge on any atom is -0.508 e. The van der Waals surface area contributed by atoms with E-state index in [-0.39, 0.29) is 81.5 Å². The minimum absolute atomic E-state index is 0.0466. The largest absolute Gasteiger partial charge is 0.508 e. The molecule has 198 valence electrons. The molecule has 4 aromatic rings. The molecule has 4 aromatic carbocycles. The van der Waals surface area contributed by atoms with Crippen LogP contribution in [0.3, 0.4) is 0 Å². The number of aromatic hydroxyl groups is 2. The molecular weight excluding hydrogens is 520 g/mol. The number of hydrogen-bond acceptors (Lipinski definition) is 10. The van der Waals surface area contributed by atoms with Crippen molar-refractivity contribution in [2.24, 2.45) is 0 Å². The predicted octanol–water partition coefficient (Wildman–Crippen LogP) is 4.35. The fourth-order valence-electron chi connectivity index (χ4n) is 4.51. The van der Waals surface area contributed by atoms with Gasteiger partial charge in [-0.05, 0) is 59.7 Å². The highest BCUT2D eigenvalue weighted by atomic mass is 16.7. The number of Topliss-reactive ketones (excluding diaryl/α,β-unsaturated/α-hetero) is 4. The molecule has 6 rings (SSSR count). The number of rotatable bonds is 7. The number of phenolic OH excluding ortho intramolecular Hbond substituents is 2. The lowest BCUT2D eigenvalue weighted by Crippen LogP contribution is -2.18. The Morgan fingerprint density at radius 1 is 0.500 bits per heavy atom. The monoisotopic (exact) mass is 538 g/mol. The molecule has 0 aliphatic carbocycles. The van der Waals surface area contributed by atoms with Gasteiger partial charge in [-0.25, -0.2) is 0 Å². The topological polar surface area (TPSA) is 146 Å². The van der Waals surface area contributed by atoms with Crippen molar-refractivity contribution in [3.05, 3.63) is 95.1 Å². The quantitative estimate of drug-likeness (QED) is 0.257. The lowest BCUT2D eigenvalue weighted by Gasteiger charge is -2.15. The second kappa shape index (κ2) is 9.59. The fourth-order valence-corrected chi connectivity index (χ4v) is 4.51. The third-order valence-electron chi connectivity index (χ3n) is 6.43. The molecule has 10 nitrogen and oxygen atoms in total. The first-order valence-electron chi connectivity index (χ1n) is 11.9. The van der Waals surface area contributed by atoms with Gasteiger partial charge in [0.2, 0.25) is 36.7 Å². The Hall–Kier alpha value is -5.64. The van der Waals surface area contributed by atoms with Crippen LogP contribution in [0.2, 0.25) is 0 Å². The second-order valence-corrected chi connectivity index (χ2v) is 8.92. The number of hydrogen-bond donors (Lipinski definition) is 2. The molecule has 40 heavy (non-hydrogen) atoms. The maximum absolute atomic E-state index is 13.6. The van der Waals surface area contributed by atoms with Crippen LogP contribution in [0.1, 0.15) is 41.4 Å². The molecule has 0 radical (unpaired) electrons. The van der Waals surface area contributed by atoms with Gasteiger partial charge >= 0.3 is 0 Å². The van der Waals surface area contributed by atoms with Crippen molar-refractivity contribution in [1.82, 2.24) is 0 Å². The second-order valence-electron chi connectivity index (χ2n) is 8.92. The summed E-state index contributed by atoms with van der Waals surface area (Å²) in [6, 6.07) is 16.2. The highest BCUT2D eigenvalue weighted by Gasteiger charge is 2.32. The third-order valence-corrected chi connectivity index (χ3v) is 6.43. The molecule has 2 N–H and O–H groups in total. The van der Waals surface area contributed by atoms with E-state index in [1.54, 1.807) is 0 Å². The summed E-state index contributed by atoms with van der Waals surface area (Å²) in [6.45, 7) is -0.258. The Kier molecular flexibility index (Phi) is 5.92. The van der Waals surface area contributed by atoms with E-state index in [0.717, 1.165) is 12.1 Å². The molecule has 2 heterocycles. The van der Waals surface area contributed by atoms with Gasteiger partial charge in [0.15, 0.2) is 23.0 Å². The Balaban J connectivity index is 1.52. The number of ether oxygens (including phenoxy) is 4. The highest BCUT2D eigenvalue weighted by molar-refractivity contribution is 6.52. The molecule has 0 aromatic heterocycles. The molecule has 0 fully saturated rings. The van der Waals surface area contributed by atoms with E-state index in [0.29, 0.717) is 0 Å². The standard InChI is InChI=1S/C30H18O10/c31-17-5-1-3-15(7-17)27(33)29(35)21-11-25-23(37-13-39-25)9-19(21)20-10-24-26(40-14-38-24)12-22(20)30(36)28(34)16-4-2-6-18(32)8-16/h1-12,31-32H,13-14H2. The maximum atomic E-state index is 13.6. The van der Waals surface area contributed by atoms with Crippen molar-refractivity contribution in [3.63, 3.8) is 0 Å². The Morgan fingerprint density at radius 3 is 1.25 bits per heavy atom. The first-order chi connectivity index (χ1) is 19.3. The van der Waals surface area contributed by atoms with Gasteiger partial charge in [0.25, 0.3) is 0 Å². The van der Waals surface area contributed by atoms with E-state index in [2.05, 4.69) is 0 Å². The smallest absolute Gasteiger partial charge is 0.234 e. The number of phenols is 2. The summed E-state index contributed by atoms with van der Waals surface area (Å²) in [4.78, 5) is 53.6. The molecular formula is C30H18O10. The van der Waals surface area contributed by atoms with Crippen LogP contribution in [0.5, 0.6) is 34.5 Å². The summed E-state index contributed by atoms with van der Waals surface area (Å²) in [5, 5.41) is 19.6. The SMILES string of the molecule is O=C(C(=O)c1cc2c(cc1-c1cc3c(cc1C(=O)C(=O)c1cccc(O)c1)OCO3)OCO2)c1cccc(O)c1. The van der Waals surface area contributed by atoms with Crippen molar-refractivity contribution in [2.75, 3.05) is 13.6 Å². The zero-order valence-electron chi connectivity index (χ0n) is 20.5. The van der Waals surface area contributed by atoms with Crippen molar-refractivity contribution in [3.8, 4) is 45.6 Å². The highest BCUT2D eigenvalue weighted by Crippen LogP contribution is 2.44.